The number of amides is 3. The van der Waals surface area contributed by atoms with Gasteiger partial charge >= 0.3 is 0 Å². The van der Waals surface area contributed by atoms with Gasteiger partial charge in [-0.25, -0.2) is 0 Å². The van der Waals surface area contributed by atoms with Gasteiger partial charge in [-0.3, -0.25) is 19.3 Å². The Morgan fingerprint density at radius 1 is 1.07 bits per heavy atom. The minimum atomic E-state index is -0.370. The van der Waals surface area contributed by atoms with E-state index < -0.39 is 0 Å². The molecule has 1 heterocycles. The molecule has 0 saturated carbocycles. The molecule has 3 amide bonds. The molecule has 1 aliphatic heterocycles. The predicted octanol–water partition coefficient (Wildman–Crippen LogP) is 2.93. The van der Waals surface area contributed by atoms with Crippen LogP contribution in [0.25, 0.3) is 6.08 Å². The van der Waals surface area contributed by atoms with Gasteiger partial charge in [-0.1, -0.05) is 30.3 Å². The van der Waals surface area contributed by atoms with Crippen LogP contribution in [0.5, 0.6) is 11.5 Å². The van der Waals surface area contributed by atoms with E-state index in [0.717, 1.165) is 22.2 Å². The van der Waals surface area contributed by atoms with Crippen LogP contribution in [0.2, 0.25) is 0 Å². The van der Waals surface area contributed by atoms with E-state index in [0.29, 0.717) is 16.4 Å². The molecule has 1 N–H and O–H groups in total. The second kappa shape index (κ2) is 9.79. The SMILES string of the molecule is COc1ccc(/C=C2\SC(=O)N(CCNC(=O)COc3ccccc3)C2=O)cc1. The molecule has 0 aliphatic carbocycles. The Balaban J connectivity index is 1.48. The van der Waals surface area contributed by atoms with Gasteiger partial charge in [-0.15, -0.1) is 0 Å². The van der Waals surface area contributed by atoms with Gasteiger partial charge in [0.2, 0.25) is 0 Å². The maximum Gasteiger partial charge on any atom is 0.293 e. The van der Waals surface area contributed by atoms with Crippen molar-refractivity contribution in [3.63, 3.8) is 0 Å². The number of thioether (sulfide) groups is 1. The number of rotatable bonds is 8. The van der Waals surface area contributed by atoms with Crippen LogP contribution in [-0.2, 0) is 9.59 Å². The van der Waals surface area contributed by atoms with E-state index in [-0.39, 0.29) is 36.7 Å². The van der Waals surface area contributed by atoms with E-state index in [9.17, 15) is 14.4 Å². The highest BCUT2D eigenvalue weighted by atomic mass is 32.2. The van der Waals surface area contributed by atoms with Crippen molar-refractivity contribution in [3.8, 4) is 11.5 Å². The van der Waals surface area contributed by atoms with Crippen molar-refractivity contribution >= 4 is 34.9 Å². The van der Waals surface area contributed by atoms with Crippen molar-refractivity contribution < 1.29 is 23.9 Å². The zero-order valence-electron chi connectivity index (χ0n) is 15.8. The van der Waals surface area contributed by atoms with E-state index in [2.05, 4.69) is 5.32 Å². The highest BCUT2D eigenvalue weighted by Gasteiger charge is 2.34. The lowest BCUT2D eigenvalue weighted by atomic mass is 10.2. The lowest BCUT2D eigenvalue weighted by molar-refractivity contribution is -0.125. The Morgan fingerprint density at radius 2 is 1.79 bits per heavy atom. The van der Waals surface area contributed by atoms with E-state index in [4.69, 9.17) is 9.47 Å². The zero-order valence-corrected chi connectivity index (χ0v) is 16.6. The minimum absolute atomic E-state index is 0.0989. The van der Waals surface area contributed by atoms with Gasteiger partial charge < -0.3 is 14.8 Å². The molecule has 0 unspecified atom stereocenters. The fraction of sp³-hybridized carbons (Fsp3) is 0.190. The van der Waals surface area contributed by atoms with E-state index in [1.807, 2.05) is 18.2 Å². The quantitative estimate of drug-likeness (QED) is 0.671. The Morgan fingerprint density at radius 3 is 2.48 bits per heavy atom. The Bertz CT molecular complexity index is 912. The molecule has 150 valence electrons. The van der Waals surface area contributed by atoms with Crippen LogP contribution in [0, 0.1) is 0 Å². The third kappa shape index (κ3) is 5.61. The molecule has 0 radical (unpaired) electrons. The summed E-state index contributed by atoms with van der Waals surface area (Å²) in [4.78, 5) is 38.0. The molecule has 7 nitrogen and oxygen atoms in total. The van der Waals surface area contributed by atoms with E-state index in [1.165, 1.54) is 0 Å². The number of para-hydroxylation sites is 1. The molecular weight excluding hydrogens is 392 g/mol. The second-order valence-corrected chi connectivity index (χ2v) is 7.05. The highest BCUT2D eigenvalue weighted by molar-refractivity contribution is 8.18. The zero-order chi connectivity index (χ0) is 20.6. The van der Waals surface area contributed by atoms with Gasteiger partial charge in [-0.05, 0) is 47.7 Å². The summed E-state index contributed by atoms with van der Waals surface area (Å²) in [7, 11) is 1.58. The Kier molecular flexibility index (Phi) is 6.91. The number of hydrogen-bond acceptors (Lipinski definition) is 6. The molecule has 0 spiro atoms. The summed E-state index contributed by atoms with van der Waals surface area (Å²) in [6, 6.07) is 16.2. The molecule has 29 heavy (non-hydrogen) atoms. The summed E-state index contributed by atoms with van der Waals surface area (Å²) in [6.45, 7) is 0.121. The van der Waals surface area contributed by atoms with Gasteiger partial charge in [0, 0.05) is 13.1 Å². The van der Waals surface area contributed by atoms with Crippen LogP contribution in [0.15, 0.2) is 59.5 Å². The summed E-state index contributed by atoms with van der Waals surface area (Å²) in [5.41, 5.74) is 0.794. The molecule has 0 aromatic heterocycles. The number of carbonyl (C=O) groups excluding carboxylic acids is 3. The van der Waals surface area contributed by atoms with Gasteiger partial charge in [0.1, 0.15) is 11.5 Å². The first-order valence-electron chi connectivity index (χ1n) is 8.91. The third-order valence-corrected chi connectivity index (χ3v) is 4.97. The lowest BCUT2D eigenvalue weighted by Crippen LogP contribution is -2.38. The molecule has 2 aromatic rings. The van der Waals surface area contributed by atoms with Crippen molar-refractivity contribution in [2.75, 3.05) is 26.8 Å². The molecule has 1 aliphatic rings. The first kappa shape index (κ1) is 20.5. The predicted molar refractivity (Wildman–Crippen MR) is 111 cm³/mol. The topological polar surface area (TPSA) is 84.9 Å². The molecule has 2 aromatic carbocycles. The summed E-state index contributed by atoms with van der Waals surface area (Å²) >= 11 is 0.883. The smallest absolute Gasteiger partial charge is 0.293 e. The molecule has 8 heteroatoms. The Labute approximate surface area is 172 Å². The lowest BCUT2D eigenvalue weighted by Gasteiger charge is -2.13. The maximum atomic E-state index is 12.5. The van der Waals surface area contributed by atoms with Crippen molar-refractivity contribution in [2.45, 2.75) is 0 Å². The molecule has 1 saturated heterocycles. The summed E-state index contributed by atoms with van der Waals surface area (Å²) in [5, 5.41) is 2.29. The maximum absolute atomic E-state index is 12.5. The number of imide groups is 1. The number of hydrogen-bond donors (Lipinski definition) is 1. The van der Waals surface area contributed by atoms with Gasteiger partial charge in [0.25, 0.3) is 17.1 Å². The second-order valence-electron chi connectivity index (χ2n) is 6.06. The summed E-state index contributed by atoms with van der Waals surface area (Å²) in [5.74, 6) is 0.611. The molecule has 0 bridgehead atoms. The average Bonchev–Trinajstić information content (AvgIpc) is 3.01. The molecular formula is C21H20N2O5S. The first-order valence-corrected chi connectivity index (χ1v) is 9.72. The van der Waals surface area contributed by atoms with Crippen molar-refractivity contribution in [2.24, 2.45) is 0 Å². The van der Waals surface area contributed by atoms with E-state index in [1.54, 1.807) is 49.6 Å². The van der Waals surface area contributed by atoms with Crippen LogP contribution in [0.3, 0.4) is 0 Å². The molecule has 1 fully saturated rings. The number of methoxy groups -OCH3 is 1. The van der Waals surface area contributed by atoms with Crippen molar-refractivity contribution in [3.05, 3.63) is 65.1 Å². The molecule has 3 rings (SSSR count). The fourth-order valence-electron chi connectivity index (χ4n) is 2.57. The van der Waals surface area contributed by atoms with Crippen LogP contribution in [-0.4, -0.2) is 48.8 Å². The van der Waals surface area contributed by atoms with Crippen LogP contribution in [0.4, 0.5) is 4.79 Å². The molecule has 0 atom stereocenters. The normalized spacial score (nSPS) is 14.9. The average molecular weight is 412 g/mol. The third-order valence-electron chi connectivity index (χ3n) is 4.06. The number of ether oxygens (including phenoxy) is 2. The fourth-order valence-corrected chi connectivity index (χ4v) is 3.43. The van der Waals surface area contributed by atoms with Gasteiger partial charge in [-0.2, -0.15) is 0 Å². The van der Waals surface area contributed by atoms with Crippen molar-refractivity contribution in [1.82, 2.24) is 10.2 Å². The minimum Gasteiger partial charge on any atom is -0.497 e. The first-order chi connectivity index (χ1) is 14.1. The largest absolute Gasteiger partial charge is 0.497 e. The van der Waals surface area contributed by atoms with E-state index >= 15 is 0 Å². The number of carbonyl (C=O) groups is 3. The highest BCUT2D eigenvalue weighted by Crippen LogP contribution is 2.32. The Hall–Kier alpha value is -3.26. The van der Waals surface area contributed by atoms with Crippen LogP contribution < -0.4 is 14.8 Å². The number of nitrogens with zero attached hydrogens (tertiary/aromatic N) is 1. The van der Waals surface area contributed by atoms with Crippen LogP contribution >= 0.6 is 11.8 Å². The van der Waals surface area contributed by atoms with Gasteiger partial charge in [0.15, 0.2) is 6.61 Å². The van der Waals surface area contributed by atoms with Gasteiger partial charge in [0.05, 0.1) is 12.0 Å². The summed E-state index contributed by atoms with van der Waals surface area (Å²) < 4.78 is 10.5. The van der Waals surface area contributed by atoms with Crippen LogP contribution in [0.1, 0.15) is 5.56 Å². The number of nitrogens with one attached hydrogen (secondary N) is 1. The number of benzene rings is 2. The summed E-state index contributed by atoms with van der Waals surface area (Å²) in [6.07, 6.45) is 1.66. The monoisotopic (exact) mass is 412 g/mol. The standard InChI is InChI=1S/C21H20N2O5S/c1-27-16-9-7-15(8-10-16)13-18-20(25)23(21(26)29-18)12-11-22-19(24)14-28-17-5-3-2-4-6-17/h2-10,13H,11-12,14H2,1H3,(H,22,24)/b18-13-. The van der Waals surface area contributed by atoms with Crippen molar-refractivity contribution in [1.29, 1.82) is 0 Å².